The van der Waals surface area contributed by atoms with Gasteiger partial charge in [0, 0.05) is 33.9 Å². The van der Waals surface area contributed by atoms with Gasteiger partial charge in [-0.25, -0.2) is 4.39 Å². The summed E-state index contributed by atoms with van der Waals surface area (Å²) in [6.07, 6.45) is 4.44. The van der Waals surface area contributed by atoms with Crippen molar-refractivity contribution in [2.75, 3.05) is 0 Å². The number of halogens is 1. The van der Waals surface area contributed by atoms with Gasteiger partial charge >= 0.3 is 0 Å². The number of aromatic nitrogens is 1. The Labute approximate surface area is 123 Å². The topological polar surface area (TPSA) is 30.9 Å². The summed E-state index contributed by atoms with van der Waals surface area (Å²) in [4.78, 5) is 0. The Kier molecular flexibility index (Phi) is 2.96. The van der Waals surface area contributed by atoms with E-state index in [9.17, 15) is 4.39 Å². The molecule has 0 saturated heterocycles. The highest BCUT2D eigenvalue weighted by Gasteiger charge is 2.24. The highest BCUT2D eigenvalue weighted by atomic mass is 19.1. The van der Waals surface area contributed by atoms with E-state index in [0.717, 1.165) is 35.6 Å². The van der Waals surface area contributed by atoms with Crippen LogP contribution in [0.2, 0.25) is 0 Å². The number of nitrogens with zero attached hydrogens (tertiary/aromatic N) is 1. The SMILES string of the molecule is NC1CCCC(n2c3ccccc3c3cc(F)ccc32)C1. The van der Waals surface area contributed by atoms with Crippen LogP contribution in [0.5, 0.6) is 0 Å². The second-order valence-electron chi connectivity index (χ2n) is 6.13. The van der Waals surface area contributed by atoms with Crippen molar-refractivity contribution < 1.29 is 4.39 Å². The molecule has 1 aromatic heterocycles. The zero-order chi connectivity index (χ0) is 14.4. The van der Waals surface area contributed by atoms with Crippen LogP contribution < -0.4 is 5.73 Å². The summed E-state index contributed by atoms with van der Waals surface area (Å²) in [7, 11) is 0. The van der Waals surface area contributed by atoms with Crippen molar-refractivity contribution in [3.63, 3.8) is 0 Å². The maximum Gasteiger partial charge on any atom is 0.123 e. The Morgan fingerprint density at radius 1 is 1.00 bits per heavy atom. The van der Waals surface area contributed by atoms with Crippen LogP contribution in [-0.4, -0.2) is 10.6 Å². The molecule has 21 heavy (non-hydrogen) atoms. The summed E-state index contributed by atoms with van der Waals surface area (Å²) >= 11 is 0. The van der Waals surface area contributed by atoms with Crippen LogP contribution in [0.3, 0.4) is 0 Å². The normalized spacial score (nSPS) is 23.0. The van der Waals surface area contributed by atoms with E-state index >= 15 is 0 Å². The lowest BCUT2D eigenvalue weighted by atomic mass is 9.91. The van der Waals surface area contributed by atoms with Crippen LogP contribution in [0.15, 0.2) is 42.5 Å². The fourth-order valence-corrected chi connectivity index (χ4v) is 3.80. The zero-order valence-electron chi connectivity index (χ0n) is 11.9. The number of nitrogens with two attached hydrogens (primary N) is 1. The Bertz CT molecular complexity index is 805. The molecule has 2 unspecified atom stereocenters. The minimum atomic E-state index is -0.175. The van der Waals surface area contributed by atoms with E-state index in [1.807, 2.05) is 12.1 Å². The van der Waals surface area contributed by atoms with Gasteiger partial charge in [-0.3, -0.25) is 0 Å². The monoisotopic (exact) mass is 282 g/mol. The van der Waals surface area contributed by atoms with Crippen molar-refractivity contribution in [2.24, 2.45) is 5.73 Å². The number of hydrogen-bond acceptors (Lipinski definition) is 1. The molecule has 1 aliphatic rings. The average molecular weight is 282 g/mol. The Morgan fingerprint density at radius 2 is 1.81 bits per heavy atom. The molecule has 0 bridgehead atoms. The molecule has 1 fully saturated rings. The summed E-state index contributed by atoms with van der Waals surface area (Å²) in [5.41, 5.74) is 8.48. The van der Waals surface area contributed by atoms with Crippen LogP contribution >= 0.6 is 0 Å². The number of fused-ring (bicyclic) bond motifs is 3. The molecule has 2 nitrogen and oxygen atoms in total. The van der Waals surface area contributed by atoms with Gasteiger partial charge in [-0.1, -0.05) is 18.2 Å². The Balaban J connectivity index is 2.01. The van der Waals surface area contributed by atoms with Gasteiger partial charge in [-0.05, 0) is 49.9 Å². The number of benzene rings is 2. The van der Waals surface area contributed by atoms with E-state index in [-0.39, 0.29) is 11.9 Å². The molecule has 108 valence electrons. The molecular weight excluding hydrogens is 263 g/mol. The molecule has 2 aromatic carbocycles. The maximum absolute atomic E-state index is 13.6. The zero-order valence-corrected chi connectivity index (χ0v) is 11.9. The van der Waals surface area contributed by atoms with Crippen LogP contribution in [-0.2, 0) is 0 Å². The molecule has 0 spiro atoms. The van der Waals surface area contributed by atoms with Crippen molar-refractivity contribution >= 4 is 21.8 Å². The smallest absolute Gasteiger partial charge is 0.123 e. The predicted molar refractivity (Wildman–Crippen MR) is 84.9 cm³/mol. The minimum absolute atomic E-state index is 0.175. The third-order valence-electron chi connectivity index (χ3n) is 4.72. The summed E-state index contributed by atoms with van der Waals surface area (Å²) in [6.45, 7) is 0. The third-order valence-corrected chi connectivity index (χ3v) is 4.72. The van der Waals surface area contributed by atoms with Crippen molar-refractivity contribution in [3.8, 4) is 0 Å². The number of hydrogen-bond donors (Lipinski definition) is 1. The summed E-state index contributed by atoms with van der Waals surface area (Å²) < 4.78 is 16.0. The standard InChI is InChI=1S/C18H19FN2/c19-12-8-9-18-16(10-12)15-6-1-2-7-17(15)21(18)14-5-3-4-13(20)11-14/h1-2,6-10,13-14H,3-5,11,20H2. The van der Waals surface area contributed by atoms with Crippen LogP contribution in [0.1, 0.15) is 31.7 Å². The number of para-hydroxylation sites is 1. The van der Waals surface area contributed by atoms with Gasteiger partial charge in [0.2, 0.25) is 0 Å². The first-order chi connectivity index (χ1) is 10.2. The molecule has 3 aromatic rings. The Hall–Kier alpha value is -1.87. The third kappa shape index (κ3) is 2.04. The van der Waals surface area contributed by atoms with E-state index in [0.29, 0.717) is 6.04 Å². The lowest BCUT2D eigenvalue weighted by Crippen LogP contribution is -2.29. The molecule has 0 radical (unpaired) electrons. The molecule has 1 heterocycles. The number of rotatable bonds is 1. The second kappa shape index (κ2) is 4.85. The van der Waals surface area contributed by atoms with Gasteiger partial charge in [-0.2, -0.15) is 0 Å². The molecule has 1 aliphatic carbocycles. The van der Waals surface area contributed by atoms with E-state index in [4.69, 9.17) is 5.73 Å². The van der Waals surface area contributed by atoms with E-state index in [1.165, 1.54) is 11.9 Å². The lowest BCUT2D eigenvalue weighted by Gasteiger charge is -2.29. The molecule has 2 atom stereocenters. The fraction of sp³-hybridized carbons (Fsp3) is 0.333. The summed E-state index contributed by atoms with van der Waals surface area (Å²) in [5.74, 6) is -0.175. The van der Waals surface area contributed by atoms with Crippen LogP contribution in [0.25, 0.3) is 21.8 Å². The van der Waals surface area contributed by atoms with Gasteiger partial charge in [0.15, 0.2) is 0 Å². The highest BCUT2D eigenvalue weighted by molar-refractivity contribution is 6.08. The molecular formula is C18H19FN2. The highest BCUT2D eigenvalue weighted by Crippen LogP contribution is 2.37. The molecule has 3 heteroatoms. The minimum Gasteiger partial charge on any atom is -0.337 e. The van der Waals surface area contributed by atoms with Crippen LogP contribution in [0.4, 0.5) is 4.39 Å². The first-order valence-corrected chi connectivity index (χ1v) is 7.68. The van der Waals surface area contributed by atoms with Gasteiger partial charge < -0.3 is 10.3 Å². The molecule has 4 rings (SSSR count). The maximum atomic E-state index is 13.6. The van der Waals surface area contributed by atoms with Crippen molar-refractivity contribution in [1.29, 1.82) is 0 Å². The van der Waals surface area contributed by atoms with Gasteiger partial charge in [0.1, 0.15) is 5.82 Å². The first-order valence-electron chi connectivity index (χ1n) is 7.68. The van der Waals surface area contributed by atoms with Crippen LogP contribution in [0, 0.1) is 5.82 Å². The summed E-state index contributed by atoms with van der Waals surface area (Å²) in [5, 5.41) is 2.14. The van der Waals surface area contributed by atoms with E-state index < -0.39 is 0 Å². The fourth-order valence-electron chi connectivity index (χ4n) is 3.80. The molecule has 0 aliphatic heterocycles. The van der Waals surface area contributed by atoms with E-state index in [2.05, 4.69) is 22.8 Å². The summed E-state index contributed by atoms with van der Waals surface area (Å²) in [6, 6.07) is 14.1. The average Bonchev–Trinajstić information content (AvgIpc) is 2.81. The molecule has 0 amide bonds. The molecule has 1 saturated carbocycles. The van der Waals surface area contributed by atoms with Crippen molar-refractivity contribution in [1.82, 2.24) is 4.57 Å². The predicted octanol–water partition coefficient (Wildman–Crippen LogP) is 4.38. The van der Waals surface area contributed by atoms with Gasteiger partial charge in [-0.15, -0.1) is 0 Å². The van der Waals surface area contributed by atoms with Crippen molar-refractivity contribution in [2.45, 2.75) is 37.8 Å². The van der Waals surface area contributed by atoms with Crippen molar-refractivity contribution in [3.05, 3.63) is 48.3 Å². The quantitative estimate of drug-likeness (QED) is 0.705. The molecule has 2 N–H and O–H groups in total. The largest absolute Gasteiger partial charge is 0.337 e. The second-order valence-corrected chi connectivity index (χ2v) is 6.13. The van der Waals surface area contributed by atoms with Gasteiger partial charge in [0.25, 0.3) is 0 Å². The van der Waals surface area contributed by atoms with Gasteiger partial charge in [0.05, 0.1) is 0 Å². The lowest BCUT2D eigenvalue weighted by molar-refractivity contribution is 0.331. The van der Waals surface area contributed by atoms with E-state index in [1.54, 1.807) is 12.1 Å². The Morgan fingerprint density at radius 3 is 2.67 bits per heavy atom. The first kappa shape index (κ1) is 12.8.